The molecule has 0 radical (unpaired) electrons. The minimum Gasteiger partial charge on any atom is -0.459 e. The molecule has 1 heterocycles. The molecule has 3 nitrogen and oxygen atoms in total. The van der Waals surface area contributed by atoms with E-state index in [2.05, 4.69) is 26.1 Å². The van der Waals surface area contributed by atoms with Crippen molar-refractivity contribution in [1.29, 1.82) is 0 Å². The highest BCUT2D eigenvalue weighted by Gasteiger charge is 2.40. The Kier molecular flexibility index (Phi) is 17.4. The molecular formula is C28H56NO2+. The standard InChI is InChI=1S/C28H55NO2/c1-4-7-8-9-10-11-12-13-14-15-16-17-18-19-20-21-27(30)31-28(5-2,6-3)26-22-24-29-25-23-26/h26,29H,4-25H2,1-3H3/p+1. The smallest absolute Gasteiger partial charge is 0.306 e. The van der Waals surface area contributed by atoms with E-state index in [1.807, 2.05) is 0 Å². The molecule has 184 valence electrons. The number of carbonyl (C=O) groups is 1. The van der Waals surface area contributed by atoms with Gasteiger partial charge in [-0.2, -0.15) is 0 Å². The average molecular weight is 439 g/mol. The molecular weight excluding hydrogens is 382 g/mol. The molecule has 0 aromatic rings. The third-order valence-corrected chi connectivity index (χ3v) is 7.68. The van der Waals surface area contributed by atoms with Crippen LogP contribution in [0.15, 0.2) is 0 Å². The van der Waals surface area contributed by atoms with Crippen LogP contribution in [0.4, 0.5) is 0 Å². The van der Waals surface area contributed by atoms with Crippen molar-refractivity contribution in [2.24, 2.45) is 5.92 Å². The van der Waals surface area contributed by atoms with Gasteiger partial charge < -0.3 is 10.1 Å². The molecule has 3 heteroatoms. The topological polar surface area (TPSA) is 42.9 Å². The quantitative estimate of drug-likeness (QED) is 0.160. The van der Waals surface area contributed by atoms with Crippen molar-refractivity contribution in [2.75, 3.05) is 13.1 Å². The summed E-state index contributed by atoms with van der Waals surface area (Å²) in [6, 6.07) is 0. The van der Waals surface area contributed by atoms with Gasteiger partial charge in [-0.05, 0) is 19.3 Å². The van der Waals surface area contributed by atoms with Crippen LogP contribution in [0, 0.1) is 5.92 Å². The Morgan fingerprint density at radius 2 is 1.13 bits per heavy atom. The normalized spacial score (nSPS) is 15.3. The number of ether oxygens (including phenoxy) is 1. The summed E-state index contributed by atoms with van der Waals surface area (Å²) in [5.74, 6) is 0.602. The Bertz CT molecular complexity index is 413. The molecule has 1 aliphatic rings. The van der Waals surface area contributed by atoms with Gasteiger partial charge >= 0.3 is 5.97 Å². The second-order valence-corrected chi connectivity index (χ2v) is 10.1. The van der Waals surface area contributed by atoms with Crippen molar-refractivity contribution in [3.8, 4) is 0 Å². The summed E-state index contributed by atoms with van der Waals surface area (Å²) in [5.41, 5.74) is -0.207. The van der Waals surface area contributed by atoms with Crippen molar-refractivity contribution in [3.05, 3.63) is 0 Å². The molecule has 0 unspecified atom stereocenters. The number of hydrogen-bond donors (Lipinski definition) is 1. The summed E-state index contributed by atoms with van der Waals surface area (Å²) in [4.78, 5) is 12.5. The van der Waals surface area contributed by atoms with Gasteiger partial charge in [0.15, 0.2) is 0 Å². The third-order valence-electron chi connectivity index (χ3n) is 7.68. The maximum Gasteiger partial charge on any atom is 0.306 e. The van der Waals surface area contributed by atoms with Crippen molar-refractivity contribution in [2.45, 2.75) is 155 Å². The summed E-state index contributed by atoms with van der Waals surface area (Å²) in [5, 5.41) is 2.39. The number of carbonyl (C=O) groups excluding carboxylic acids is 1. The minimum absolute atomic E-state index is 0.0490. The molecule has 0 bridgehead atoms. The van der Waals surface area contributed by atoms with Gasteiger partial charge in [0, 0.05) is 25.2 Å². The molecule has 0 saturated carbocycles. The second kappa shape index (κ2) is 18.9. The van der Waals surface area contributed by atoms with E-state index in [4.69, 9.17) is 4.74 Å². The molecule has 0 aromatic heterocycles. The first-order valence-corrected chi connectivity index (χ1v) is 14.2. The van der Waals surface area contributed by atoms with Crippen LogP contribution in [-0.4, -0.2) is 24.7 Å². The lowest BCUT2D eigenvalue weighted by atomic mass is 9.77. The zero-order valence-electron chi connectivity index (χ0n) is 21.5. The molecule has 0 spiro atoms. The van der Waals surface area contributed by atoms with Crippen LogP contribution in [-0.2, 0) is 9.53 Å². The highest BCUT2D eigenvalue weighted by atomic mass is 16.6. The Morgan fingerprint density at radius 3 is 1.55 bits per heavy atom. The molecule has 1 fully saturated rings. The predicted octanol–water partition coefficient (Wildman–Crippen LogP) is 7.32. The summed E-state index contributed by atoms with van der Waals surface area (Å²) in [6.07, 6.45) is 25.2. The van der Waals surface area contributed by atoms with Gasteiger partial charge in [0.05, 0.1) is 13.1 Å². The largest absolute Gasteiger partial charge is 0.459 e. The van der Waals surface area contributed by atoms with Gasteiger partial charge in [0.25, 0.3) is 0 Å². The van der Waals surface area contributed by atoms with Crippen LogP contribution >= 0.6 is 0 Å². The van der Waals surface area contributed by atoms with Crippen LogP contribution in [0.3, 0.4) is 0 Å². The summed E-state index contributed by atoms with van der Waals surface area (Å²) in [7, 11) is 0. The van der Waals surface area contributed by atoms with E-state index in [9.17, 15) is 4.79 Å². The average Bonchev–Trinajstić information content (AvgIpc) is 2.80. The molecule has 0 aromatic carbocycles. The molecule has 2 N–H and O–H groups in total. The lowest BCUT2D eigenvalue weighted by molar-refractivity contribution is -0.666. The number of piperidine rings is 1. The van der Waals surface area contributed by atoms with Crippen molar-refractivity contribution < 1.29 is 14.8 Å². The van der Waals surface area contributed by atoms with Crippen LogP contribution in [0.25, 0.3) is 0 Å². The second-order valence-electron chi connectivity index (χ2n) is 10.1. The highest BCUT2D eigenvalue weighted by Crippen LogP contribution is 2.35. The molecule has 0 atom stereocenters. The summed E-state index contributed by atoms with van der Waals surface area (Å²) < 4.78 is 6.14. The van der Waals surface area contributed by atoms with Gasteiger partial charge in [0.1, 0.15) is 5.60 Å². The van der Waals surface area contributed by atoms with E-state index in [0.29, 0.717) is 12.3 Å². The number of esters is 1. The first kappa shape index (κ1) is 28.5. The first-order chi connectivity index (χ1) is 15.2. The Balaban J connectivity index is 1.98. The predicted molar refractivity (Wildman–Crippen MR) is 133 cm³/mol. The first-order valence-electron chi connectivity index (χ1n) is 14.2. The van der Waals surface area contributed by atoms with E-state index in [1.165, 1.54) is 116 Å². The van der Waals surface area contributed by atoms with E-state index in [-0.39, 0.29) is 11.6 Å². The fraction of sp³-hybridized carbons (Fsp3) is 0.964. The number of hydrogen-bond acceptors (Lipinski definition) is 2. The number of rotatable bonds is 20. The van der Waals surface area contributed by atoms with Gasteiger partial charge in [-0.25, -0.2) is 0 Å². The summed E-state index contributed by atoms with van der Waals surface area (Å²) >= 11 is 0. The number of quaternary nitrogens is 1. The van der Waals surface area contributed by atoms with Crippen LogP contribution < -0.4 is 5.32 Å². The lowest BCUT2D eigenvalue weighted by Gasteiger charge is -2.40. The Labute approximate surface area is 194 Å². The van der Waals surface area contributed by atoms with Crippen molar-refractivity contribution in [3.63, 3.8) is 0 Å². The SMILES string of the molecule is CCCCCCCCCCCCCCCCCC(=O)OC(CC)(CC)C1CC[NH2+]CC1. The molecule has 1 aliphatic heterocycles. The van der Waals surface area contributed by atoms with Crippen molar-refractivity contribution >= 4 is 5.97 Å². The van der Waals surface area contributed by atoms with E-state index in [1.54, 1.807) is 0 Å². The van der Waals surface area contributed by atoms with E-state index in [0.717, 1.165) is 19.3 Å². The maximum absolute atomic E-state index is 12.5. The monoisotopic (exact) mass is 438 g/mol. The zero-order valence-corrected chi connectivity index (χ0v) is 21.5. The van der Waals surface area contributed by atoms with Crippen LogP contribution in [0.1, 0.15) is 149 Å². The maximum atomic E-state index is 12.5. The molecule has 1 rings (SSSR count). The fourth-order valence-corrected chi connectivity index (χ4v) is 5.43. The fourth-order valence-electron chi connectivity index (χ4n) is 5.43. The van der Waals surface area contributed by atoms with Gasteiger partial charge in [-0.1, -0.05) is 111 Å². The molecule has 0 aliphatic carbocycles. The van der Waals surface area contributed by atoms with Crippen molar-refractivity contribution in [1.82, 2.24) is 0 Å². The minimum atomic E-state index is -0.207. The van der Waals surface area contributed by atoms with Gasteiger partial charge in [-0.3, -0.25) is 4.79 Å². The Hall–Kier alpha value is -0.570. The van der Waals surface area contributed by atoms with E-state index < -0.39 is 0 Å². The lowest BCUT2D eigenvalue weighted by Crippen LogP contribution is -2.86. The molecule has 31 heavy (non-hydrogen) atoms. The molecule has 0 amide bonds. The van der Waals surface area contributed by atoms with Gasteiger partial charge in [-0.15, -0.1) is 0 Å². The third kappa shape index (κ3) is 12.9. The van der Waals surface area contributed by atoms with Gasteiger partial charge in [0.2, 0.25) is 0 Å². The Morgan fingerprint density at radius 1 is 0.710 bits per heavy atom. The summed E-state index contributed by atoms with van der Waals surface area (Å²) in [6.45, 7) is 9.05. The van der Waals surface area contributed by atoms with Crippen LogP contribution in [0.2, 0.25) is 0 Å². The highest BCUT2D eigenvalue weighted by molar-refractivity contribution is 5.69. The number of nitrogens with two attached hydrogens (primary N) is 1. The zero-order chi connectivity index (χ0) is 22.6. The van der Waals surface area contributed by atoms with E-state index >= 15 is 0 Å². The molecule has 1 saturated heterocycles. The van der Waals surface area contributed by atoms with Crippen LogP contribution in [0.5, 0.6) is 0 Å². The number of unbranched alkanes of at least 4 members (excludes halogenated alkanes) is 14.